The lowest BCUT2D eigenvalue weighted by molar-refractivity contribution is 0.241. The minimum atomic E-state index is -4.64. The smallest absolute Gasteiger partial charge is 0.303 e. The number of amides is 2. The van der Waals surface area contributed by atoms with E-state index in [2.05, 4.69) is 5.43 Å². The van der Waals surface area contributed by atoms with E-state index in [9.17, 15) is 4.79 Å². The van der Waals surface area contributed by atoms with Crippen LogP contribution in [0.25, 0.3) is 0 Å². The fourth-order valence-corrected chi connectivity index (χ4v) is 1.57. The third kappa shape index (κ3) is 7.96. The fraction of sp³-hybridized carbons (Fsp3) is 0. The molecule has 9 nitrogen and oxygen atoms in total. The number of nitrogens with one attached hydrogen (secondary N) is 2. The van der Waals surface area contributed by atoms with E-state index in [4.69, 9.17) is 25.1 Å². The third-order valence-corrected chi connectivity index (χ3v) is 2.37. The highest BCUT2D eigenvalue weighted by molar-refractivity contribution is 7.45. The van der Waals surface area contributed by atoms with Crippen molar-refractivity contribution in [3.05, 3.63) is 60.7 Å². The monoisotopic (exact) mass is 340 g/mol. The van der Waals surface area contributed by atoms with Gasteiger partial charge in [0.15, 0.2) is 0 Å². The minimum Gasteiger partial charge on any atom is -0.303 e. The average molecular weight is 340 g/mol. The molecule has 0 saturated heterocycles. The molecule has 2 aromatic rings. The summed E-state index contributed by atoms with van der Waals surface area (Å²) in [6.07, 6.45) is 0. The summed E-state index contributed by atoms with van der Waals surface area (Å²) < 4.78 is 8.88. The molecule has 0 radical (unpaired) electrons. The first-order chi connectivity index (χ1) is 10.8. The fourth-order valence-electron chi connectivity index (χ4n) is 1.57. The molecule has 10 heteroatoms. The van der Waals surface area contributed by atoms with Crippen LogP contribution in [0, 0.1) is 0 Å². The van der Waals surface area contributed by atoms with Crippen LogP contribution in [0.5, 0.6) is 0 Å². The van der Waals surface area contributed by atoms with Crippen LogP contribution >= 0.6 is 7.82 Å². The molecule has 7 N–H and O–H groups in total. The summed E-state index contributed by atoms with van der Waals surface area (Å²) in [5.74, 6) is 5.09. The second-order valence-electron chi connectivity index (χ2n) is 4.11. The molecule has 0 aliphatic heterocycles. The first-order valence-corrected chi connectivity index (χ1v) is 7.83. The summed E-state index contributed by atoms with van der Waals surface area (Å²) in [5, 5.41) is 1.65. The molecule has 0 fully saturated rings. The predicted molar refractivity (Wildman–Crippen MR) is 85.1 cm³/mol. The summed E-state index contributed by atoms with van der Waals surface area (Å²) in [6.45, 7) is 0. The van der Waals surface area contributed by atoms with Crippen LogP contribution in [0.15, 0.2) is 60.7 Å². The number of hydrogen-bond donors (Lipinski definition) is 6. The molecule has 2 amide bonds. The van der Waals surface area contributed by atoms with Gasteiger partial charge in [-0.25, -0.2) is 20.6 Å². The van der Waals surface area contributed by atoms with Crippen LogP contribution in [0.3, 0.4) is 0 Å². The first kappa shape index (κ1) is 18.6. The summed E-state index contributed by atoms with van der Waals surface area (Å²) in [5.41, 5.74) is 6.38. The maximum absolute atomic E-state index is 11.4. The second kappa shape index (κ2) is 8.89. The number of para-hydroxylation sites is 2. The number of nitrogens with two attached hydrogens (primary N) is 1. The van der Waals surface area contributed by atoms with Gasteiger partial charge < -0.3 is 14.7 Å². The standard InChI is InChI=1S/C13H14N4O.H3O4P/c14-15-13(18)16-17(11-7-3-1-4-8-11)12-9-5-2-6-10-12;1-5(2,3)4/h1-10H,14H2,(H2,15,16,18);(H3,1,2,3,4). The van der Waals surface area contributed by atoms with Crippen molar-refractivity contribution in [2.75, 3.05) is 5.01 Å². The Balaban J connectivity index is 0.000000463. The van der Waals surface area contributed by atoms with E-state index in [0.717, 1.165) is 11.4 Å². The van der Waals surface area contributed by atoms with Crippen LogP contribution in [0.1, 0.15) is 0 Å². The Morgan fingerprint density at radius 3 is 1.57 bits per heavy atom. The molecule has 0 bridgehead atoms. The molecule has 0 aliphatic carbocycles. The van der Waals surface area contributed by atoms with Gasteiger partial charge in [0, 0.05) is 0 Å². The molecule has 124 valence electrons. The van der Waals surface area contributed by atoms with Gasteiger partial charge in [0.05, 0.1) is 11.4 Å². The van der Waals surface area contributed by atoms with Gasteiger partial charge in [0.1, 0.15) is 0 Å². The van der Waals surface area contributed by atoms with Crippen molar-refractivity contribution in [3.63, 3.8) is 0 Å². The van der Waals surface area contributed by atoms with Gasteiger partial charge >= 0.3 is 13.9 Å². The molecule has 0 heterocycles. The Hall–Kier alpha value is -2.42. The molecule has 0 spiro atoms. The molecular formula is C13H17N4O5P. The van der Waals surface area contributed by atoms with Crippen LogP contribution in [-0.4, -0.2) is 20.7 Å². The summed E-state index contributed by atoms with van der Waals surface area (Å²) in [4.78, 5) is 32.9. The van der Waals surface area contributed by atoms with Crippen molar-refractivity contribution < 1.29 is 24.0 Å². The van der Waals surface area contributed by atoms with Gasteiger partial charge in [-0.3, -0.25) is 10.4 Å². The van der Waals surface area contributed by atoms with Crippen LogP contribution in [0.4, 0.5) is 16.2 Å². The lowest BCUT2D eigenvalue weighted by Crippen LogP contribution is -2.47. The van der Waals surface area contributed by atoms with Crippen molar-refractivity contribution in [1.29, 1.82) is 0 Å². The highest BCUT2D eigenvalue weighted by Gasteiger charge is 2.10. The molecule has 2 rings (SSSR count). The number of nitrogens with zero attached hydrogens (tertiary/aromatic N) is 1. The maximum atomic E-state index is 11.4. The Kier molecular flexibility index (Phi) is 7.20. The van der Waals surface area contributed by atoms with E-state index in [0.29, 0.717) is 0 Å². The highest BCUT2D eigenvalue weighted by Crippen LogP contribution is 2.25. The van der Waals surface area contributed by atoms with Gasteiger partial charge in [0.2, 0.25) is 0 Å². The SMILES string of the molecule is NNC(=O)NN(c1ccccc1)c1ccccc1.O=P(O)(O)O. The van der Waals surface area contributed by atoms with Gasteiger partial charge in [-0.2, -0.15) is 0 Å². The number of carbonyl (C=O) groups excluding carboxylic acids is 1. The lowest BCUT2D eigenvalue weighted by atomic mass is 10.2. The normalized spacial score (nSPS) is 10.1. The van der Waals surface area contributed by atoms with Gasteiger partial charge in [0.25, 0.3) is 0 Å². The number of hydrazine groups is 2. The van der Waals surface area contributed by atoms with Crippen LogP contribution in [0.2, 0.25) is 0 Å². The Morgan fingerprint density at radius 1 is 0.913 bits per heavy atom. The number of rotatable bonds is 3. The number of benzene rings is 2. The Bertz CT molecular complexity index is 602. The van der Waals surface area contributed by atoms with E-state index in [-0.39, 0.29) is 0 Å². The second-order valence-corrected chi connectivity index (χ2v) is 5.13. The van der Waals surface area contributed by atoms with Crippen LogP contribution < -0.4 is 21.7 Å². The largest absolute Gasteiger partial charge is 0.466 e. The van der Waals surface area contributed by atoms with E-state index >= 15 is 0 Å². The zero-order valence-corrected chi connectivity index (χ0v) is 12.8. The molecular weight excluding hydrogens is 323 g/mol. The van der Waals surface area contributed by atoms with Gasteiger partial charge in [-0.05, 0) is 24.3 Å². The summed E-state index contributed by atoms with van der Waals surface area (Å²) >= 11 is 0. The molecule has 0 saturated carbocycles. The average Bonchev–Trinajstić information content (AvgIpc) is 2.52. The minimum absolute atomic E-state index is 0.484. The number of phosphoric acid groups is 1. The molecule has 0 aromatic heterocycles. The molecule has 0 atom stereocenters. The van der Waals surface area contributed by atoms with Crippen molar-refractivity contribution in [1.82, 2.24) is 10.9 Å². The zero-order valence-electron chi connectivity index (χ0n) is 11.9. The van der Waals surface area contributed by atoms with Gasteiger partial charge in [-0.15, -0.1) is 0 Å². The van der Waals surface area contributed by atoms with Crippen LogP contribution in [-0.2, 0) is 4.57 Å². The number of anilines is 2. The highest BCUT2D eigenvalue weighted by atomic mass is 31.2. The maximum Gasteiger partial charge on any atom is 0.466 e. The molecule has 23 heavy (non-hydrogen) atoms. The van der Waals surface area contributed by atoms with E-state index in [1.807, 2.05) is 66.1 Å². The molecule has 0 unspecified atom stereocenters. The van der Waals surface area contributed by atoms with E-state index in [1.54, 1.807) is 5.01 Å². The molecule has 0 aliphatic rings. The van der Waals surface area contributed by atoms with E-state index in [1.165, 1.54) is 0 Å². The topological polar surface area (TPSA) is 148 Å². The van der Waals surface area contributed by atoms with Crippen molar-refractivity contribution in [2.24, 2.45) is 5.84 Å². The number of carbonyl (C=O) groups is 1. The zero-order chi connectivity index (χ0) is 17.3. The lowest BCUT2D eigenvalue weighted by Gasteiger charge is -2.24. The van der Waals surface area contributed by atoms with E-state index < -0.39 is 13.9 Å². The quantitative estimate of drug-likeness (QED) is 0.211. The summed E-state index contributed by atoms with van der Waals surface area (Å²) in [7, 11) is -4.64. The first-order valence-electron chi connectivity index (χ1n) is 6.27. The predicted octanol–water partition coefficient (Wildman–Crippen LogP) is 0.984. The number of urea groups is 1. The summed E-state index contributed by atoms with van der Waals surface area (Å²) in [6, 6.07) is 18.5. The molecule has 2 aromatic carbocycles. The van der Waals surface area contributed by atoms with Crippen molar-refractivity contribution in [2.45, 2.75) is 0 Å². The van der Waals surface area contributed by atoms with Crippen molar-refractivity contribution >= 4 is 25.2 Å². The van der Waals surface area contributed by atoms with Crippen molar-refractivity contribution in [3.8, 4) is 0 Å². The van der Waals surface area contributed by atoms with Gasteiger partial charge in [-0.1, -0.05) is 36.4 Å². The Labute approximate surface area is 132 Å². The Morgan fingerprint density at radius 2 is 1.26 bits per heavy atom. The third-order valence-electron chi connectivity index (χ3n) is 2.37. The number of hydrogen-bond acceptors (Lipinski definition) is 4.